The Morgan fingerprint density at radius 2 is 1.88 bits per heavy atom. The number of unbranched alkanes of at least 4 members (excludes halogenated alkanes) is 2. The smallest absolute Gasteiger partial charge is 0.273 e. The largest absolute Gasteiger partial charge is 0.507 e. The molecular formula is C32H34ClN3O4. The third-order valence-electron chi connectivity index (χ3n) is 7.37. The number of halogens is 1. The van der Waals surface area contributed by atoms with Crippen molar-refractivity contribution >= 4 is 17.5 Å². The number of phenolic OH excluding ortho intramolecular Hbond substituents is 1. The van der Waals surface area contributed by atoms with E-state index in [4.69, 9.17) is 21.1 Å². The fourth-order valence-corrected chi connectivity index (χ4v) is 5.66. The predicted molar refractivity (Wildman–Crippen MR) is 156 cm³/mol. The van der Waals surface area contributed by atoms with Crippen LogP contribution in [-0.4, -0.2) is 39.8 Å². The molecule has 1 aliphatic heterocycles. The molecule has 1 amide bonds. The third kappa shape index (κ3) is 5.13. The first-order valence-electron chi connectivity index (χ1n) is 13.6. The zero-order valence-electron chi connectivity index (χ0n) is 23.3. The fourth-order valence-electron chi connectivity index (χ4n) is 5.47. The van der Waals surface area contributed by atoms with Crippen LogP contribution in [0.5, 0.6) is 17.2 Å². The standard InChI is InChI=1S/C32H34ClN3O4/c1-5-6-9-14-40-25-13-12-21(17-26(25)39-4)31-28-29(27-20(3)15-19(2)16-24(27)37)34-35-30(28)32(38)36(31)18-22-10-7-8-11-23(22)33/h7-8,10-13,15-17,31,37H,5-6,9,14,18H2,1-4H3,(H,34,35). The van der Waals surface area contributed by atoms with Crippen molar-refractivity contribution in [2.24, 2.45) is 0 Å². The number of aryl methyl sites for hydroxylation is 2. The maximum Gasteiger partial charge on any atom is 0.273 e. The van der Waals surface area contributed by atoms with Crippen molar-refractivity contribution in [3.8, 4) is 28.5 Å². The summed E-state index contributed by atoms with van der Waals surface area (Å²) in [7, 11) is 1.61. The Kier molecular flexibility index (Phi) is 8.03. The van der Waals surface area contributed by atoms with Gasteiger partial charge in [0.1, 0.15) is 17.1 Å². The minimum absolute atomic E-state index is 0.121. The number of rotatable bonds is 10. The van der Waals surface area contributed by atoms with E-state index < -0.39 is 6.04 Å². The molecule has 5 rings (SSSR count). The number of benzene rings is 3. The van der Waals surface area contributed by atoms with Crippen molar-refractivity contribution in [2.75, 3.05) is 13.7 Å². The summed E-state index contributed by atoms with van der Waals surface area (Å²) < 4.78 is 11.7. The number of carbonyl (C=O) groups is 1. The minimum atomic E-state index is -0.504. The first-order chi connectivity index (χ1) is 19.3. The van der Waals surface area contributed by atoms with Gasteiger partial charge in [-0.05, 0) is 66.8 Å². The molecule has 1 atom stereocenters. The molecule has 1 unspecified atom stereocenters. The zero-order chi connectivity index (χ0) is 28.4. The van der Waals surface area contributed by atoms with Crippen LogP contribution in [0.1, 0.15) is 70.5 Å². The highest BCUT2D eigenvalue weighted by atomic mass is 35.5. The second-order valence-electron chi connectivity index (χ2n) is 10.2. The van der Waals surface area contributed by atoms with E-state index in [2.05, 4.69) is 17.1 Å². The van der Waals surface area contributed by atoms with Crippen molar-refractivity contribution < 1.29 is 19.4 Å². The zero-order valence-corrected chi connectivity index (χ0v) is 24.0. The topological polar surface area (TPSA) is 87.7 Å². The molecule has 8 heteroatoms. The van der Waals surface area contributed by atoms with Gasteiger partial charge in [-0.25, -0.2) is 0 Å². The van der Waals surface area contributed by atoms with Crippen LogP contribution in [0, 0.1) is 13.8 Å². The highest BCUT2D eigenvalue weighted by molar-refractivity contribution is 6.31. The number of aromatic amines is 1. The number of phenols is 1. The molecule has 0 spiro atoms. The van der Waals surface area contributed by atoms with Gasteiger partial charge in [0, 0.05) is 22.7 Å². The van der Waals surface area contributed by atoms with Crippen LogP contribution in [-0.2, 0) is 6.54 Å². The van der Waals surface area contributed by atoms with Crippen molar-refractivity contribution in [2.45, 2.75) is 52.6 Å². The number of hydrogen-bond donors (Lipinski definition) is 2. The number of hydrogen-bond acceptors (Lipinski definition) is 5. The molecule has 7 nitrogen and oxygen atoms in total. The Morgan fingerprint density at radius 1 is 1.07 bits per heavy atom. The summed E-state index contributed by atoms with van der Waals surface area (Å²) in [6.45, 7) is 6.92. The van der Waals surface area contributed by atoms with E-state index in [0.29, 0.717) is 52.2 Å². The molecule has 2 N–H and O–H groups in total. The second-order valence-corrected chi connectivity index (χ2v) is 10.6. The maximum atomic E-state index is 13.9. The molecule has 0 aliphatic carbocycles. The molecule has 1 aliphatic rings. The van der Waals surface area contributed by atoms with Crippen molar-refractivity contribution in [3.63, 3.8) is 0 Å². The van der Waals surface area contributed by atoms with Gasteiger partial charge in [-0.3, -0.25) is 9.89 Å². The summed E-state index contributed by atoms with van der Waals surface area (Å²) in [4.78, 5) is 15.7. The Labute approximate surface area is 239 Å². The lowest BCUT2D eigenvalue weighted by molar-refractivity contribution is 0.0730. The van der Waals surface area contributed by atoms with Gasteiger partial charge in [-0.2, -0.15) is 5.10 Å². The van der Waals surface area contributed by atoms with E-state index in [-0.39, 0.29) is 11.7 Å². The van der Waals surface area contributed by atoms with Gasteiger partial charge in [-0.1, -0.05) is 61.7 Å². The molecule has 40 heavy (non-hydrogen) atoms. The summed E-state index contributed by atoms with van der Waals surface area (Å²) in [6.07, 6.45) is 3.17. The van der Waals surface area contributed by atoms with Crippen LogP contribution in [0.3, 0.4) is 0 Å². The van der Waals surface area contributed by atoms with Gasteiger partial charge >= 0.3 is 0 Å². The summed E-state index contributed by atoms with van der Waals surface area (Å²) in [5.41, 5.74) is 5.73. The number of nitrogens with zero attached hydrogens (tertiary/aromatic N) is 2. The molecular weight excluding hydrogens is 526 g/mol. The molecule has 0 saturated carbocycles. The molecule has 0 bridgehead atoms. The number of methoxy groups -OCH3 is 1. The van der Waals surface area contributed by atoms with Crippen LogP contribution < -0.4 is 9.47 Å². The lowest BCUT2D eigenvalue weighted by atomic mass is 9.93. The molecule has 3 aromatic carbocycles. The van der Waals surface area contributed by atoms with Crippen LogP contribution in [0.4, 0.5) is 0 Å². The summed E-state index contributed by atoms with van der Waals surface area (Å²) in [5, 5.41) is 19.1. The predicted octanol–water partition coefficient (Wildman–Crippen LogP) is 7.38. The van der Waals surface area contributed by atoms with Gasteiger partial charge in [0.05, 0.1) is 19.8 Å². The normalized spacial score (nSPS) is 14.5. The van der Waals surface area contributed by atoms with Crippen molar-refractivity contribution in [1.82, 2.24) is 15.1 Å². The lowest BCUT2D eigenvalue weighted by Crippen LogP contribution is -2.29. The molecule has 4 aromatic rings. The number of ether oxygens (including phenoxy) is 2. The summed E-state index contributed by atoms with van der Waals surface area (Å²) >= 11 is 6.52. The van der Waals surface area contributed by atoms with Gasteiger partial charge in [0.2, 0.25) is 0 Å². The van der Waals surface area contributed by atoms with Gasteiger partial charge < -0.3 is 19.5 Å². The van der Waals surface area contributed by atoms with Crippen LogP contribution >= 0.6 is 11.6 Å². The highest BCUT2D eigenvalue weighted by Crippen LogP contribution is 2.47. The molecule has 0 radical (unpaired) electrons. The molecule has 0 fully saturated rings. The molecule has 2 heterocycles. The lowest BCUT2D eigenvalue weighted by Gasteiger charge is -2.27. The van der Waals surface area contributed by atoms with Crippen molar-refractivity contribution in [3.05, 3.63) is 93.1 Å². The summed E-state index contributed by atoms with van der Waals surface area (Å²) in [6, 6.07) is 16.5. The monoisotopic (exact) mass is 559 g/mol. The molecule has 208 valence electrons. The van der Waals surface area contributed by atoms with E-state index in [1.54, 1.807) is 18.1 Å². The van der Waals surface area contributed by atoms with Crippen molar-refractivity contribution in [1.29, 1.82) is 0 Å². The average Bonchev–Trinajstić information content (AvgIpc) is 3.46. The number of carbonyl (C=O) groups excluding carboxylic acids is 1. The Hall–Kier alpha value is -3.97. The summed E-state index contributed by atoms with van der Waals surface area (Å²) in [5.74, 6) is 1.17. The fraction of sp³-hybridized carbons (Fsp3) is 0.312. The molecule has 1 aromatic heterocycles. The van der Waals surface area contributed by atoms with Gasteiger partial charge in [-0.15, -0.1) is 0 Å². The second kappa shape index (κ2) is 11.6. The third-order valence-corrected chi connectivity index (χ3v) is 7.74. The quantitative estimate of drug-likeness (QED) is 0.198. The van der Waals surface area contributed by atoms with E-state index in [1.807, 2.05) is 62.4 Å². The van der Waals surface area contributed by atoms with Crippen LogP contribution in [0.2, 0.25) is 5.02 Å². The van der Waals surface area contributed by atoms with Crippen LogP contribution in [0.15, 0.2) is 54.6 Å². The Balaban J connectivity index is 1.63. The highest BCUT2D eigenvalue weighted by Gasteiger charge is 2.43. The Morgan fingerprint density at radius 3 is 2.60 bits per heavy atom. The van der Waals surface area contributed by atoms with Gasteiger partial charge in [0.15, 0.2) is 11.5 Å². The average molecular weight is 560 g/mol. The first kappa shape index (κ1) is 27.6. The van der Waals surface area contributed by atoms with E-state index >= 15 is 0 Å². The van der Waals surface area contributed by atoms with E-state index in [0.717, 1.165) is 41.5 Å². The number of nitrogens with one attached hydrogen (secondary N) is 1. The number of aromatic hydroxyl groups is 1. The van der Waals surface area contributed by atoms with Gasteiger partial charge in [0.25, 0.3) is 5.91 Å². The number of aromatic nitrogens is 2. The first-order valence-corrected chi connectivity index (χ1v) is 14.0. The van der Waals surface area contributed by atoms with E-state index in [1.165, 1.54) is 0 Å². The minimum Gasteiger partial charge on any atom is -0.507 e. The van der Waals surface area contributed by atoms with E-state index in [9.17, 15) is 9.90 Å². The SMILES string of the molecule is CCCCCOc1ccc(C2c3c(-c4c(C)cc(C)cc4O)n[nH]c3C(=O)N2Cc2ccccc2Cl)cc1OC. The Bertz CT molecular complexity index is 1520. The maximum absolute atomic E-state index is 13.9. The molecule has 0 saturated heterocycles. The number of fused-ring (bicyclic) bond motifs is 1. The van der Waals surface area contributed by atoms with Crippen LogP contribution in [0.25, 0.3) is 11.3 Å². The number of amides is 1. The number of H-pyrrole nitrogens is 1.